The Hall–Kier alpha value is -1.48. The Morgan fingerprint density at radius 2 is 2.24 bits per heavy atom. The highest BCUT2D eigenvalue weighted by Gasteiger charge is 2.31. The van der Waals surface area contributed by atoms with Gasteiger partial charge in [0.2, 0.25) is 0 Å². The van der Waals surface area contributed by atoms with Crippen LogP contribution in [0, 0.1) is 0 Å². The molecule has 1 aliphatic rings. The van der Waals surface area contributed by atoms with Gasteiger partial charge in [-0.25, -0.2) is 0 Å². The smallest absolute Gasteiger partial charge is 0.176 e. The minimum atomic E-state index is 0.464. The number of rotatable bonds is 4. The van der Waals surface area contributed by atoms with Crippen molar-refractivity contribution in [2.24, 2.45) is 5.73 Å². The molecule has 2 aromatic rings. The summed E-state index contributed by atoms with van der Waals surface area (Å²) in [7, 11) is 0. The van der Waals surface area contributed by atoms with E-state index in [0.29, 0.717) is 19.1 Å². The lowest BCUT2D eigenvalue weighted by atomic mass is 10.1. The Morgan fingerprint density at radius 3 is 2.88 bits per heavy atom. The van der Waals surface area contributed by atoms with E-state index >= 15 is 0 Å². The average Bonchev–Trinajstić information content (AvgIpc) is 3.10. The maximum absolute atomic E-state index is 5.88. The van der Waals surface area contributed by atoms with Crippen molar-refractivity contribution in [2.45, 2.75) is 32.2 Å². The third-order valence-corrected chi connectivity index (χ3v) is 3.27. The summed E-state index contributed by atoms with van der Waals surface area (Å²) in [5.41, 5.74) is 7.94. The monoisotopic (exact) mass is 231 g/mol. The number of ether oxygens (including phenoxy) is 1. The first kappa shape index (κ1) is 10.7. The molecular formula is C14H17NO2. The van der Waals surface area contributed by atoms with Gasteiger partial charge in [0, 0.05) is 10.9 Å². The molecule has 0 amide bonds. The van der Waals surface area contributed by atoms with E-state index in [4.69, 9.17) is 14.9 Å². The van der Waals surface area contributed by atoms with Crippen molar-refractivity contribution in [1.82, 2.24) is 0 Å². The number of benzene rings is 1. The number of para-hydroxylation sites is 1. The quantitative estimate of drug-likeness (QED) is 0.879. The lowest BCUT2D eigenvalue weighted by Crippen LogP contribution is -1.97. The molecule has 1 fully saturated rings. The number of fused-ring (bicyclic) bond motifs is 1. The molecule has 3 heteroatoms. The Bertz CT molecular complexity index is 540. The van der Waals surface area contributed by atoms with Crippen molar-refractivity contribution in [3.8, 4) is 5.75 Å². The van der Waals surface area contributed by atoms with Crippen LogP contribution in [0.5, 0.6) is 5.75 Å². The number of hydrogen-bond acceptors (Lipinski definition) is 3. The highest BCUT2D eigenvalue weighted by molar-refractivity contribution is 5.88. The maximum Gasteiger partial charge on any atom is 0.176 e. The zero-order chi connectivity index (χ0) is 11.8. The second-order valence-electron chi connectivity index (χ2n) is 4.48. The summed E-state index contributed by atoms with van der Waals surface area (Å²) in [4.78, 5) is 0. The zero-order valence-corrected chi connectivity index (χ0v) is 10.0. The molecule has 1 aliphatic carbocycles. The van der Waals surface area contributed by atoms with E-state index in [1.54, 1.807) is 0 Å². The van der Waals surface area contributed by atoms with E-state index in [2.05, 4.69) is 6.07 Å². The van der Waals surface area contributed by atoms with E-state index in [0.717, 1.165) is 17.1 Å². The Labute approximate surface area is 101 Å². The third-order valence-electron chi connectivity index (χ3n) is 3.27. The van der Waals surface area contributed by atoms with Gasteiger partial charge in [-0.3, -0.25) is 0 Å². The molecule has 3 rings (SSSR count). The summed E-state index contributed by atoms with van der Waals surface area (Å²) in [6.07, 6.45) is 2.50. The molecule has 90 valence electrons. The largest absolute Gasteiger partial charge is 0.490 e. The lowest BCUT2D eigenvalue weighted by molar-refractivity contribution is 0.337. The summed E-state index contributed by atoms with van der Waals surface area (Å²) in [5, 5.41) is 1.18. The number of furan rings is 1. The molecule has 0 bridgehead atoms. The van der Waals surface area contributed by atoms with Crippen LogP contribution in [-0.4, -0.2) is 6.61 Å². The van der Waals surface area contributed by atoms with Crippen molar-refractivity contribution >= 4 is 11.0 Å². The molecule has 3 nitrogen and oxygen atoms in total. The topological polar surface area (TPSA) is 48.4 Å². The van der Waals surface area contributed by atoms with Gasteiger partial charge in [0.05, 0.1) is 13.2 Å². The molecule has 1 aromatic carbocycles. The molecule has 1 heterocycles. The van der Waals surface area contributed by atoms with Crippen LogP contribution in [0.4, 0.5) is 0 Å². The molecule has 0 aliphatic heterocycles. The van der Waals surface area contributed by atoms with E-state index in [-0.39, 0.29) is 0 Å². The second-order valence-corrected chi connectivity index (χ2v) is 4.48. The highest BCUT2D eigenvalue weighted by atomic mass is 16.5. The van der Waals surface area contributed by atoms with Crippen LogP contribution >= 0.6 is 0 Å². The summed E-state index contributed by atoms with van der Waals surface area (Å²) in [6.45, 7) is 3.09. The standard InChI is InChI=1S/C14H17NO2/c1-2-16-11-5-3-4-10-13(9-6-7-9)12(8-15)17-14(10)11/h3-5,9H,2,6-8,15H2,1H3. The minimum absolute atomic E-state index is 0.464. The third kappa shape index (κ3) is 1.71. The van der Waals surface area contributed by atoms with E-state index in [1.165, 1.54) is 23.8 Å². The average molecular weight is 231 g/mol. The molecular weight excluding hydrogens is 214 g/mol. The van der Waals surface area contributed by atoms with Crippen LogP contribution in [0.3, 0.4) is 0 Å². The first-order chi connectivity index (χ1) is 8.35. The SMILES string of the molecule is CCOc1cccc2c(C3CC3)c(CN)oc12. The van der Waals surface area contributed by atoms with Gasteiger partial charge in [-0.2, -0.15) is 0 Å². The molecule has 0 spiro atoms. The predicted octanol–water partition coefficient (Wildman–Crippen LogP) is 3.17. The van der Waals surface area contributed by atoms with Gasteiger partial charge >= 0.3 is 0 Å². The minimum Gasteiger partial charge on any atom is -0.490 e. The van der Waals surface area contributed by atoms with Gasteiger partial charge in [0.25, 0.3) is 0 Å². The number of hydrogen-bond donors (Lipinski definition) is 1. The Morgan fingerprint density at radius 1 is 1.41 bits per heavy atom. The van der Waals surface area contributed by atoms with Crippen molar-refractivity contribution in [2.75, 3.05) is 6.61 Å². The normalized spacial score (nSPS) is 15.4. The first-order valence-electron chi connectivity index (χ1n) is 6.22. The fraction of sp³-hybridized carbons (Fsp3) is 0.429. The molecule has 0 radical (unpaired) electrons. The van der Waals surface area contributed by atoms with E-state index < -0.39 is 0 Å². The van der Waals surface area contributed by atoms with Gasteiger partial charge in [0.1, 0.15) is 5.76 Å². The van der Waals surface area contributed by atoms with Gasteiger partial charge in [-0.05, 0) is 31.7 Å². The molecule has 0 unspecified atom stereocenters. The molecule has 2 N–H and O–H groups in total. The van der Waals surface area contributed by atoms with Crippen molar-refractivity contribution in [1.29, 1.82) is 0 Å². The Balaban J connectivity index is 2.20. The van der Waals surface area contributed by atoms with Crippen molar-refractivity contribution in [3.63, 3.8) is 0 Å². The summed E-state index contributed by atoms with van der Waals surface area (Å²) in [6, 6.07) is 6.08. The number of nitrogens with two attached hydrogens (primary N) is 1. The van der Waals surface area contributed by atoms with Crippen LogP contribution in [-0.2, 0) is 6.54 Å². The lowest BCUT2D eigenvalue weighted by Gasteiger charge is -2.02. The van der Waals surface area contributed by atoms with Gasteiger partial charge in [-0.15, -0.1) is 0 Å². The maximum atomic E-state index is 5.88. The highest BCUT2D eigenvalue weighted by Crippen LogP contribution is 2.47. The fourth-order valence-corrected chi connectivity index (χ4v) is 2.40. The summed E-state index contributed by atoms with van der Waals surface area (Å²) < 4.78 is 11.5. The first-order valence-corrected chi connectivity index (χ1v) is 6.22. The second kappa shape index (κ2) is 4.08. The summed E-state index contributed by atoms with van der Waals surface area (Å²) >= 11 is 0. The van der Waals surface area contributed by atoms with Crippen molar-refractivity contribution < 1.29 is 9.15 Å². The van der Waals surface area contributed by atoms with Crippen LogP contribution in [0.2, 0.25) is 0 Å². The molecule has 1 aromatic heterocycles. The summed E-state index contributed by atoms with van der Waals surface area (Å²) in [5.74, 6) is 2.40. The van der Waals surface area contributed by atoms with Crippen molar-refractivity contribution in [3.05, 3.63) is 29.5 Å². The van der Waals surface area contributed by atoms with Gasteiger partial charge < -0.3 is 14.9 Å². The van der Waals surface area contributed by atoms with Crippen LogP contribution in [0.1, 0.15) is 37.0 Å². The van der Waals surface area contributed by atoms with E-state index in [1.807, 2.05) is 19.1 Å². The van der Waals surface area contributed by atoms with Crippen LogP contribution in [0.15, 0.2) is 22.6 Å². The van der Waals surface area contributed by atoms with E-state index in [9.17, 15) is 0 Å². The molecule has 1 saturated carbocycles. The molecule has 0 saturated heterocycles. The van der Waals surface area contributed by atoms with Crippen LogP contribution < -0.4 is 10.5 Å². The van der Waals surface area contributed by atoms with Gasteiger partial charge in [-0.1, -0.05) is 12.1 Å². The zero-order valence-electron chi connectivity index (χ0n) is 10.0. The Kier molecular flexibility index (Phi) is 2.56. The molecule has 17 heavy (non-hydrogen) atoms. The van der Waals surface area contributed by atoms with Crippen LogP contribution in [0.25, 0.3) is 11.0 Å². The fourth-order valence-electron chi connectivity index (χ4n) is 2.40. The predicted molar refractivity (Wildman–Crippen MR) is 67.2 cm³/mol. The van der Waals surface area contributed by atoms with Gasteiger partial charge in [0.15, 0.2) is 11.3 Å². The molecule has 0 atom stereocenters.